The first-order chi connectivity index (χ1) is 8.58. The molecule has 5 heteroatoms. The molecule has 1 N–H and O–H groups in total. The van der Waals surface area contributed by atoms with Gasteiger partial charge >= 0.3 is 0 Å². The van der Waals surface area contributed by atoms with Gasteiger partial charge in [0.1, 0.15) is 0 Å². The van der Waals surface area contributed by atoms with E-state index < -0.39 is 0 Å². The maximum absolute atomic E-state index is 4.30. The highest BCUT2D eigenvalue weighted by molar-refractivity contribution is 5.38. The third-order valence-corrected chi connectivity index (χ3v) is 2.91. The first-order valence-corrected chi connectivity index (χ1v) is 6.36. The van der Waals surface area contributed by atoms with Gasteiger partial charge in [-0.25, -0.2) is 4.98 Å². The molecule has 0 amide bonds. The van der Waals surface area contributed by atoms with Gasteiger partial charge in [-0.3, -0.25) is 4.68 Å². The summed E-state index contributed by atoms with van der Waals surface area (Å²) in [4.78, 5) is 4.19. The molecule has 0 saturated carbocycles. The summed E-state index contributed by atoms with van der Waals surface area (Å²) in [6.07, 6.45) is 7.66. The summed E-state index contributed by atoms with van der Waals surface area (Å²) in [5, 5.41) is 7.68. The molecule has 98 valence electrons. The number of nitrogens with one attached hydrogen (secondary N) is 1. The Balaban J connectivity index is 2.00. The van der Waals surface area contributed by atoms with E-state index in [0.29, 0.717) is 12.1 Å². The predicted octanol–water partition coefficient (Wildman–Crippen LogP) is 2.85. The van der Waals surface area contributed by atoms with E-state index in [1.165, 1.54) is 5.69 Å². The largest absolute Gasteiger partial charge is 0.377 e. The van der Waals surface area contributed by atoms with Crippen LogP contribution < -0.4 is 5.32 Å². The molecule has 0 aliphatic rings. The monoisotopic (exact) mass is 247 g/mol. The summed E-state index contributed by atoms with van der Waals surface area (Å²) >= 11 is 0. The van der Waals surface area contributed by atoms with Gasteiger partial charge < -0.3 is 9.88 Å². The lowest BCUT2D eigenvalue weighted by Gasteiger charge is -2.12. The molecular weight excluding hydrogens is 226 g/mol. The van der Waals surface area contributed by atoms with Crippen molar-refractivity contribution in [1.29, 1.82) is 0 Å². The molecule has 0 atom stereocenters. The highest BCUT2D eigenvalue weighted by Gasteiger charge is 2.06. The fourth-order valence-electron chi connectivity index (χ4n) is 1.84. The van der Waals surface area contributed by atoms with Crippen molar-refractivity contribution in [3.63, 3.8) is 0 Å². The highest BCUT2D eigenvalue weighted by atomic mass is 15.3. The Morgan fingerprint density at radius 3 is 2.56 bits per heavy atom. The van der Waals surface area contributed by atoms with E-state index in [1.807, 2.05) is 29.6 Å². The molecule has 0 bridgehead atoms. The van der Waals surface area contributed by atoms with Crippen molar-refractivity contribution in [3.8, 4) is 0 Å². The number of nitrogens with zero attached hydrogens (tertiary/aromatic N) is 4. The van der Waals surface area contributed by atoms with Gasteiger partial charge in [-0.1, -0.05) is 0 Å². The Hall–Kier alpha value is -1.78. The number of rotatable bonds is 5. The Morgan fingerprint density at radius 2 is 1.94 bits per heavy atom. The normalized spacial score (nSPS) is 11.4. The van der Waals surface area contributed by atoms with Crippen molar-refractivity contribution >= 4 is 5.69 Å². The molecule has 0 spiro atoms. The van der Waals surface area contributed by atoms with Crippen molar-refractivity contribution < 1.29 is 0 Å². The minimum absolute atomic E-state index is 0.391. The van der Waals surface area contributed by atoms with E-state index in [9.17, 15) is 0 Å². The van der Waals surface area contributed by atoms with Crippen LogP contribution in [0.15, 0.2) is 24.9 Å². The van der Waals surface area contributed by atoms with Crippen molar-refractivity contribution in [2.45, 2.75) is 46.3 Å². The van der Waals surface area contributed by atoms with E-state index in [-0.39, 0.29) is 0 Å². The van der Waals surface area contributed by atoms with Crippen molar-refractivity contribution in [3.05, 3.63) is 30.6 Å². The number of aromatic nitrogens is 4. The summed E-state index contributed by atoms with van der Waals surface area (Å²) < 4.78 is 4.11. The minimum Gasteiger partial charge on any atom is -0.377 e. The van der Waals surface area contributed by atoms with Crippen LogP contribution in [-0.4, -0.2) is 19.3 Å². The third-order valence-electron chi connectivity index (χ3n) is 2.91. The molecule has 0 fully saturated rings. The quantitative estimate of drug-likeness (QED) is 0.883. The van der Waals surface area contributed by atoms with Crippen LogP contribution in [0.4, 0.5) is 5.69 Å². The van der Waals surface area contributed by atoms with Crippen LogP contribution in [0.25, 0.3) is 0 Å². The molecule has 18 heavy (non-hydrogen) atoms. The summed E-state index contributed by atoms with van der Waals surface area (Å²) in [7, 11) is 0. The van der Waals surface area contributed by atoms with Gasteiger partial charge in [0.2, 0.25) is 0 Å². The van der Waals surface area contributed by atoms with Gasteiger partial charge in [0.05, 0.1) is 30.5 Å². The van der Waals surface area contributed by atoms with Gasteiger partial charge in [-0.15, -0.1) is 0 Å². The van der Waals surface area contributed by atoms with Crippen LogP contribution in [0.5, 0.6) is 0 Å². The Bertz CT molecular complexity index is 495. The average molecular weight is 247 g/mol. The molecule has 0 aliphatic heterocycles. The number of anilines is 1. The van der Waals surface area contributed by atoms with Crippen LogP contribution in [-0.2, 0) is 6.54 Å². The Kier molecular flexibility index (Phi) is 3.69. The van der Waals surface area contributed by atoms with E-state index in [0.717, 1.165) is 12.2 Å². The Morgan fingerprint density at radius 1 is 1.17 bits per heavy atom. The standard InChI is InChI=1S/C13H21N5/c1-10(2)17-9-14-6-13(17)7-15-12-5-16-18(8-12)11(3)4/h5-6,8-11,15H,7H2,1-4H3. The van der Waals surface area contributed by atoms with E-state index in [1.54, 1.807) is 0 Å². The summed E-state index contributed by atoms with van der Waals surface area (Å²) in [5.41, 5.74) is 2.22. The molecule has 2 aromatic rings. The second-order valence-corrected chi connectivity index (χ2v) is 5.04. The van der Waals surface area contributed by atoms with E-state index in [2.05, 4.69) is 47.7 Å². The maximum atomic E-state index is 4.30. The second kappa shape index (κ2) is 5.25. The predicted molar refractivity (Wildman–Crippen MR) is 72.6 cm³/mol. The SMILES string of the molecule is CC(C)n1cc(NCc2cncn2C(C)C)cn1. The van der Waals surface area contributed by atoms with Crippen LogP contribution >= 0.6 is 0 Å². The van der Waals surface area contributed by atoms with Crippen LogP contribution in [0.3, 0.4) is 0 Å². The van der Waals surface area contributed by atoms with Crippen LogP contribution in [0.1, 0.15) is 45.5 Å². The Labute approximate surface area is 108 Å². The van der Waals surface area contributed by atoms with Gasteiger partial charge in [-0.05, 0) is 27.7 Å². The summed E-state index contributed by atoms with van der Waals surface area (Å²) in [6, 6.07) is 0.824. The lowest BCUT2D eigenvalue weighted by atomic mass is 10.3. The molecule has 2 rings (SSSR count). The lowest BCUT2D eigenvalue weighted by Crippen LogP contribution is -2.08. The van der Waals surface area contributed by atoms with Crippen LogP contribution in [0, 0.1) is 0 Å². The lowest BCUT2D eigenvalue weighted by molar-refractivity contribution is 0.532. The third kappa shape index (κ3) is 2.72. The van der Waals surface area contributed by atoms with Gasteiger partial charge in [-0.2, -0.15) is 5.10 Å². The number of imidazole rings is 1. The summed E-state index contributed by atoms with van der Waals surface area (Å²) in [6.45, 7) is 9.31. The highest BCUT2D eigenvalue weighted by Crippen LogP contribution is 2.13. The van der Waals surface area contributed by atoms with Gasteiger partial charge in [0.15, 0.2) is 0 Å². The number of hydrogen-bond donors (Lipinski definition) is 1. The fraction of sp³-hybridized carbons (Fsp3) is 0.538. The first-order valence-electron chi connectivity index (χ1n) is 6.36. The molecular formula is C13H21N5. The fourth-order valence-corrected chi connectivity index (χ4v) is 1.84. The summed E-state index contributed by atoms with van der Waals surface area (Å²) in [5.74, 6) is 0. The van der Waals surface area contributed by atoms with Gasteiger partial charge in [0, 0.05) is 24.5 Å². The zero-order chi connectivity index (χ0) is 13.1. The molecule has 2 aromatic heterocycles. The molecule has 2 heterocycles. The zero-order valence-corrected chi connectivity index (χ0v) is 11.5. The maximum Gasteiger partial charge on any atom is 0.0951 e. The molecule has 0 aromatic carbocycles. The van der Waals surface area contributed by atoms with E-state index in [4.69, 9.17) is 0 Å². The minimum atomic E-state index is 0.391. The molecule has 0 saturated heterocycles. The van der Waals surface area contributed by atoms with Gasteiger partial charge in [0.25, 0.3) is 0 Å². The first kappa shape index (κ1) is 12.7. The molecule has 0 radical (unpaired) electrons. The number of hydrogen-bond acceptors (Lipinski definition) is 3. The average Bonchev–Trinajstić information content (AvgIpc) is 2.95. The smallest absolute Gasteiger partial charge is 0.0951 e. The van der Waals surface area contributed by atoms with Crippen molar-refractivity contribution in [2.75, 3.05) is 5.32 Å². The molecule has 0 unspecified atom stereocenters. The second-order valence-electron chi connectivity index (χ2n) is 5.04. The molecule has 0 aliphatic carbocycles. The topological polar surface area (TPSA) is 47.7 Å². The van der Waals surface area contributed by atoms with E-state index >= 15 is 0 Å². The zero-order valence-electron chi connectivity index (χ0n) is 11.5. The van der Waals surface area contributed by atoms with Crippen LogP contribution in [0.2, 0.25) is 0 Å². The van der Waals surface area contributed by atoms with Crippen molar-refractivity contribution in [2.24, 2.45) is 0 Å². The van der Waals surface area contributed by atoms with Crippen molar-refractivity contribution in [1.82, 2.24) is 19.3 Å². The molecule has 5 nitrogen and oxygen atoms in total.